The van der Waals surface area contributed by atoms with E-state index in [2.05, 4.69) is 54.2 Å². The van der Waals surface area contributed by atoms with Crippen LogP contribution in [0.25, 0.3) is 22.0 Å². The average molecular weight is 403 g/mol. The van der Waals surface area contributed by atoms with E-state index in [1.54, 1.807) is 13.4 Å². The molecule has 1 saturated heterocycles. The maximum absolute atomic E-state index is 5.53. The summed E-state index contributed by atoms with van der Waals surface area (Å²) < 4.78 is 5.53. The van der Waals surface area contributed by atoms with Crippen molar-refractivity contribution in [3.05, 3.63) is 61.2 Å². The third kappa shape index (κ3) is 3.54. The fourth-order valence-electron chi connectivity index (χ4n) is 3.93. The molecule has 4 aromatic rings. The zero-order chi connectivity index (χ0) is 19.6. The van der Waals surface area contributed by atoms with Crippen molar-refractivity contribution in [3.8, 4) is 16.9 Å². The first kappa shape index (κ1) is 19.7. The van der Waals surface area contributed by atoms with Crippen LogP contribution in [-0.2, 0) is 0 Å². The van der Waals surface area contributed by atoms with Gasteiger partial charge in [-0.3, -0.25) is 5.10 Å². The van der Waals surface area contributed by atoms with Crippen molar-refractivity contribution < 1.29 is 4.74 Å². The van der Waals surface area contributed by atoms with E-state index in [0.29, 0.717) is 0 Å². The maximum atomic E-state index is 5.53. The molecule has 0 saturated carbocycles. The summed E-state index contributed by atoms with van der Waals surface area (Å²) in [5, 5.41) is 8.00. The summed E-state index contributed by atoms with van der Waals surface area (Å²) >= 11 is 0. The van der Waals surface area contributed by atoms with Gasteiger partial charge in [-0.25, -0.2) is 9.97 Å². The van der Waals surface area contributed by atoms with Gasteiger partial charge in [0.1, 0.15) is 17.9 Å². The number of para-hydroxylation sites is 2. The third-order valence-electron chi connectivity index (χ3n) is 5.45. The van der Waals surface area contributed by atoms with Crippen LogP contribution in [0, 0.1) is 0 Å². The molecule has 5 rings (SSSR count). The molecule has 0 spiro atoms. The minimum Gasteiger partial charge on any atom is -0.495 e. The zero-order valence-corrected chi connectivity index (χ0v) is 16.2. The van der Waals surface area contributed by atoms with Gasteiger partial charge in [0.2, 0.25) is 0 Å². The van der Waals surface area contributed by atoms with Crippen LogP contribution in [0.5, 0.6) is 5.75 Å². The van der Waals surface area contributed by atoms with Gasteiger partial charge in [-0.2, -0.15) is 5.10 Å². The molecule has 7 heteroatoms. The van der Waals surface area contributed by atoms with Crippen molar-refractivity contribution in [2.75, 3.05) is 43.1 Å². The van der Waals surface area contributed by atoms with Crippen LogP contribution in [0.3, 0.4) is 0 Å². The van der Waals surface area contributed by atoms with Crippen molar-refractivity contribution in [1.82, 2.24) is 20.2 Å². The summed E-state index contributed by atoms with van der Waals surface area (Å²) in [7, 11) is 1.72. The molecule has 0 radical (unpaired) electrons. The Morgan fingerprint density at radius 3 is 2.50 bits per heavy atom. The highest BCUT2D eigenvalue weighted by Crippen LogP contribution is 2.31. The molecule has 7 nitrogen and oxygen atoms in total. The largest absolute Gasteiger partial charge is 0.495 e. The molecule has 2 aromatic carbocycles. The standard InChI is InChI=1S/C22H22N6O.CH4/c1-29-21-5-3-2-4-20(21)27-8-10-28(11-9-27)22-18-12-16(17-13-25-26-14-17)6-7-19(18)23-15-24-22;/h2-7,12-15H,8-11H2,1H3,(H,25,26);1H4. The Labute approximate surface area is 176 Å². The number of methoxy groups -OCH3 is 1. The number of aromatic nitrogens is 4. The number of ether oxygens (including phenoxy) is 1. The first-order valence-corrected chi connectivity index (χ1v) is 9.70. The van der Waals surface area contributed by atoms with Crippen LogP contribution in [0.2, 0.25) is 0 Å². The molecule has 0 aliphatic carbocycles. The van der Waals surface area contributed by atoms with Gasteiger partial charge >= 0.3 is 0 Å². The minimum atomic E-state index is 0. The fraction of sp³-hybridized carbons (Fsp3) is 0.261. The highest BCUT2D eigenvalue weighted by Gasteiger charge is 2.22. The summed E-state index contributed by atoms with van der Waals surface area (Å²) in [5.41, 5.74) is 4.26. The molecule has 2 aromatic heterocycles. The van der Waals surface area contributed by atoms with Gasteiger partial charge in [-0.05, 0) is 29.8 Å². The van der Waals surface area contributed by atoms with Gasteiger partial charge in [0, 0.05) is 43.3 Å². The number of anilines is 2. The Kier molecular flexibility index (Phi) is 5.52. The first-order chi connectivity index (χ1) is 14.3. The van der Waals surface area contributed by atoms with Gasteiger partial charge < -0.3 is 14.5 Å². The molecule has 3 heterocycles. The summed E-state index contributed by atoms with van der Waals surface area (Å²) in [6.45, 7) is 3.60. The summed E-state index contributed by atoms with van der Waals surface area (Å²) in [6, 6.07) is 14.5. The molecule has 0 amide bonds. The number of aromatic amines is 1. The van der Waals surface area contributed by atoms with Gasteiger partial charge in [-0.1, -0.05) is 25.6 Å². The van der Waals surface area contributed by atoms with Crippen molar-refractivity contribution in [1.29, 1.82) is 0 Å². The van der Waals surface area contributed by atoms with E-state index in [0.717, 1.165) is 65.5 Å². The van der Waals surface area contributed by atoms with Crippen molar-refractivity contribution in [2.24, 2.45) is 0 Å². The Bertz CT molecular complexity index is 1120. The predicted octanol–water partition coefficient (Wildman–Crippen LogP) is 3.99. The minimum absolute atomic E-state index is 0. The van der Waals surface area contributed by atoms with Gasteiger partial charge in [0.15, 0.2) is 0 Å². The van der Waals surface area contributed by atoms with E-state index in [4.69, 9.17) is 4.74 Å². The number of benzene rings is 2. The molecular formula is C23H26N6O. The van der Waals surface area contributed by atoms with Gasteiger partial charge in [0.25, 0.3) is 0 Å². The molecule has 1 N–H and O–H groups in total. The van der Waals surface area contributed by atoms with Crippen LogP contribution in [-0.4, -0.2) is 53.5 Å². The number of nitrogens with one attached hydrogen (secondary N) is 1. The second-order valence-corrected chi connectivity index (χ2v) is 7.06. The normalized spacial score (nSPS) is 13.9. The second kappa shape index (κ2) is 8.41. The second-order valence-electron chi connectivity index (χ2n) is 7.06. The Morgan fingerprint density at radius 2 is 1.73 bits per heavy atom. The smallest absolute Gasteiger partial charge is 0.142 e. The van der Waals surface area contributed by atoms with Crippen LogP contribution in [0.4, 0.5) is 11.5 Å². The number of H-pyrrole nitrogens is 1. The molecule has 0 unspecified atom stereocenters. The number of piperazine rings is 1. The zero-order valence-electron chi connectivity index (χ0n) is 16.2. The van der Waals surface area contributed by atoms with Crippen LogP contribution < -0.4 is 14.5 Å². The lowest BCUT2D eigenvalue weighted by molar-refractivity contribution is 0.413. The number of hydrogen-bond donors (Lipinski definition) is 1. The average Bonchev–Trinajstić information content (AvgIpc) is 3.33. The van der Waals surface area contributed by atoms with E-state index < -0.39 is 0 Å². The van der Waals surface area contributed by atoms with E-state index >= 15 is 0 Å². The molecule has 1 aliphatic rings. The topological polar surface area (TPSA) is 70.2 Å². The lowest BCUT2D eigenvalue weighted by Gasteiger charge is -2.37. The van der Waals surface area contributed by atoms with Crippen molar-refractivity contribution in [3.63, 3.8) is 0 Å². The van der Waals surface area contributed by atoms with Crippen LogP contribution >= 0.6 is 0 Å². The molecule has 30 heavy (non-hydrogen) atoms. The van der Waals surface area contributed by atoms with Gasteiger partial charge in [0.05, 0.1) is 24.5 Å². The first-order valence-electron chi connectivity index (χ1n) is 9.70. The molecule has 1 fully saturated rings. The monoisotopic (exact) mass is 402 g/mol. The quantitative estimate of drug-likeness (QED) is 0.557. The molecule has 1 aliphatic heterocycles. The Morgan fingerprint density at radius 1 is 0.933 bits per heavy atom. The Hall–Kier alpha value is -3.61. The van der Waals surface area contributed by atoms with Crippen LogP contribution in [0.1, 0.15) is 7.43 Å². The molecule has 0 atom stereocenters. The fourth-order valence-corrected chi connectivity index (χ4v) is 3.93. The van der Waals surface area contributed by atoms with Gasteiger partial charge in [-0.15, -0.1) is 0 Å². The van der Waals surface area contributed by atoms with E-state index in [1.807, 2.05) is 30.6 Å². The number of fused-ring (bicyclic) bond motifs is 1. The van der Waals surface area contributed by atoms with Crippen molar-refractivity contribution >= 4 is 22.4 Å². The molecule has 0 bridgehead atoms. The summed E-state index contributed by atoms with van der Waals surface area (Å²) in [6.07, 6.45) is 5.38. The SMILES string of the molecule is C.COc1ccccc1N1CCN(c2ncnc3ccc(-c4cn[nH]c4)cc23)CC1. The molecular weight excluding hydrogens is 376 g/mol. The van der Waals surface area contributed by atoms with E-state index in [9.17, 15) is 0 Å². The van der Waals surface area contributed by atoms with E-state index in [1.165, 1.54) is 0 Å². The highest BCUT2D eigenvalue weighted by molar-refractivity contribution is 5.92. The van der Waals surface area contributed by atoms with E-state index in [-0.39, 0.29) is 7.43 Å². The van der Waals surface area contributed by atoms with Crippen LogP contribution in [0.15, 0.2) is 61.2 Å². The maximum Gasteiger partial charge on any atom is 0.142 e. The number of hydrogen-bond acceptors (Lipinski definition) is 6. The summed E-state index contributed by atoms with van der Waals surface area (Å²) in [5.74, 6) is 1.90. The lowest BCUT2D eigenvalue weighted by Crippen LogP contribution is -2.47. The number of rotatable bonds is 4. The van der Waals surface area contributed by atoms with Crippen molar-refractivity contribution in [2.45, 2.75) is 7.43 Å². The Balaban J connectivity index is 0.00000218. The predicted molar refractivity (Wildman–Crippen MR) is 121 cm³/mol. The molecule has 154 valence electrons. The highest BCUT2D eigenvalue weighted by atomic mass is 16.5. The summed E-state index contributed by atoms with van der Waals surface area (Å²) in [4.78, 5) is 13.8. The third-order valence-corrected chi connectivity index (χ3v) is 5.45. The number of nitrogens with zero attached hydrogens (tertiary/aromatic N) is 5. The lowest BCUT2D eigenvalue weighted by atomic mass is 10.1.